The number of halogens is 1. The molecule has 0 saturated heterocycles. The second-order valence-electron chi connectivity index (χ2n) is 4.56. The molecule has 1 heterocycles. The summed E-state index contributed by atoms with van der Waals surface area (Å²) < 4.78 is 13.6. The molecule has 0 fully saturated rings. The van der Waals surface area contributed by atoms with Crippen LogP contribution in [0, 0.1) is 17.1 Å². The molecule has 94 valence electrons. The lowest BCUT2D eigenvalue weighted by Crippen LogP contribution is -2.02. The van der Waals surface area contributed by atoms with Gasteiger partial charge < -0.3 is 5.32 Å². The van der Waals surface area contributed by atoms with Gasteiger partial charge in [-0.3, -0.25) is 0 Å². The highest BCUT2D eigenvalue weighted by Crippen LogP contribution is 2.27. The van der Waals surface area contributed by atoms with Crippen LogP contribution in [0.5, 0.6) is 0 Å². The molecule has 1 aliphatic carbocycles. The van der Waals surface area contributed by atoms with Crippen molar-refractivity contribution in [2.75, 3.05) is 5.32 Å². The maximum Gasteiger partial charge on any atom is 0.148 e. The van der Waals surface area contributed by atoms with Crippen molar-refractivity contribution in [3.63, 3.8) is 0 Å². The minimum absolute atomic E-state index is 0.337. The van der Waals surface area contributed by atoms with Gasteiger partial charge in [-0.1, -0.05) is 12.1 Å². The van der Waals surface area contributed by atoms with E-state index in [1.165, 1.54) is 6.07 Å². The fourth-order valence-corrected chi connectivity index (χ4v) is 2.34. The predicted molar refractivity (Wildman–Crippen MR) is 70.7 cm³/mol. The fraction of sp³-hybridized carbons (Fsp3) is 0.200. The minimum atomic E-state index is -0.353. The van der Waals surface area contributed by atoms with Crippen LogP contribution in [0.3, 0.4) is 0 Å². The van der Waals surface area contributed by atoms with Crippen molar-refractivity contribution in [3.8, 4) is 6.07 Å². The maximum absolute atomic E-state index is 13.6. The molecule has 3 nitrogen and oxygen atoms in total. The number of para-hydroxylation sites is 1. The summed E-state index contributed by atoms with van der Waals surface area (Å²) in [5, 5.41) is 12.1. The van der Waals surface area contributed by atoms with Gasteiger partial charge in [-0.2, -0.15) is 5.26 Å². The summed E-state index contributed by atoms with van der Waals surface area (Å²) in [6.07, 6.45) is 2.96. The van der Waals surface area contributed by atoms with E-state index in [4.69, 9.17) is 0 Å². The second kappa shape index (κ2) is 4.69. The van der Waals surface area contributed by atoms with Crippen molar-refractivity contribution in [2.24, 2.45) is 0 Å². The van der Waals surface area contributed by atoms with Gasteiger partial charge in [0.1, 0.15) is 17.7 Å². The highest BCUT2D eigenvalue weighted by atomic mass is 19.1. The van der Waals surface area contributed by atoms with Crippen LogP contribution in [0.25, 0.3) is 0 Å². The quantitative estimate of drug-likeness (QED) is 0.893. The average Bonchev–Trinajstić information content (AvgIpc) is 2.87. The van der Waals surface area contributed by atoms with E-state index in [0.29, 0.717) is 17.1 Å². The number of benzene rings is 1. The summed E-state index contributed by atoms with van der Waals surface area (Å²) >= 11 is 0. The van der Waals surface area contributed by atoms with Crippen LogP contribution in [0.2, 0.25) is 0 Å². The third-order valence-corrected chi connectivity index (χ3v) is 3.30. The van der Waals surface area contributed by atoms with E-state index in [-0.39, 0.29) is 5.82 Å². The van der Waals surface area contributed by atoms with Crippen molar-refractivity contribution in [1.82, 2.24) is 4.98 Å². The van der Waals surface area contributed by atoms with E-state index in [1.807, 2.05) is 6.07 Å². The largest absolute Gasteiger partial charge is 0.337 e. The van der Waals surface area contributed by atoms with E-state index in [2.05, 4.69) is 16.4 Å². The van der Waals surface area contributed by atoms with Gasteiger partial charge in [0.2, 0.25) is 0 Å². The second-order valence-corrected chi connectivity index (χ2v) is 4.56. The number of aromatic nitrogens is 1. The Labute approximate surface area is 110 Å². The number of nitrogens with zero attached hydrogens (tertiary/aromatic N) is 2. The van der Waals surface area contributed by atoms with Crippen molar-refractivity contribution in [1.29, 1.82) is 5.26 Å². The Morgan fingerprint density at radius 2 is 2.11 bits per heavy atom. The molecule has 0 aliphatic heterocycles. The summed E-state index contributed by atoms with van der Waals surface area (Å²) in [5.74, 6) is 0.0851. The number of fused-ring (bicyclic) bond motifs is 1. The first kappa shape index (κ1) is 11.7. The molecule has 0 bridgehead atoms. The average molecular weight is 253 g/mol. The molecule has 0 atom stereocenters. The zero-order chi connectivity index (χ0) is 13.2. The number of aryl methyl sites for hydroxylation is 2. The van der Waals surface area contributed by atoms with Gasteiger partial charge in [-0.15, -0.1) is 0 Å². The highest BCUT2D eigenvalue weighted by Gasteiger charge is 2.17. The molecule has 3 rings (SSSR count). The van der Waals surface area contributed by atoms with Crippen LogP contribution >= 0.6 is 0 Å². The molecule has 0 saturated carbocycles. The van der Waals surface area contributed by atoms with Gasteiger partial charge in [-0.05, 0) is 43.0 Å². The van der Waals surface area contributed by atoms with Crippen LogP contribution in [-0.2, 0) is 12.8 Å². The van der Waals surface area contributed by atoms with E-state index < -0.39 is 0 Å². The lowest BCUT2D eigenvalue weighted by molar-refractivity contribution is 0.632. The van der Waals surface area contributed by atoms with Gasteiger partial charge in [-0.25, -0.2) is 9.37 Å². The van der Waals surface area contributed by atoms with Gasteiger partial charge in [0, 0.05) is 5.69 Å². The first-order chi connectivity index (χ1) is 9.28. The summed E-state index contributed by atoms with van der Waals surface area (Å²) in [6, 6.07) is 10.4. The number of hydrogen-bond acceptors (Lipinski definition) is 3. The van der Waals surface area contributed by atoms with E-state index in [0.717, 1.165) is 30.5 Å². The topological polar surface area (TPSA) is 48.7 Å². The summed E-state index contributed by atoms with van der Waals surface area (Å²) in [7, 11) is 0. The zero-order valence-electron chi connectivity index (χ0n) is 10.3. The van der Waals surface area contributed by atoms with Gasteiger partial charge in [0.05, 0.1) is 11.3 Å². The molecule has 1 N–H and O–H groups in total. The first-order valence-corrected chi connectivity index (χ1v) is 6.22. The smallest absolute Gasteiger partial charge is 0.148 e. The number of hydrogen-bond donors (Lipinski definition) is 1. The molecular weight excluding hydrogens is 241 g/mol. The Morgan fingerprint density at radius 3 is 2.89 bits per heavy atom. The van der Waals surface area contributed by atoms with Crippen molar-refractivity contribution >= 4 is 11.5 Å². The molecule has 0 unspecified atom stereocenters. The summed E-state index contributed by atoms with van der Waals surface area (Å²) in [4.78, 5) is 4.46. The summed E-state index contributed by atoms with van der Waals surface area (Å²) in [5.41, 5.74) is 2.95. The van der Waals surface area contributed by atoms with Crippen LogP contribution in [0.15, 0.2) is 30.3 Å². The molecule has 1 aromatic heterocycles. The SMILES string of the molecule is N#Cc1cc2c(nc1Nc1ccccc1F)CCC2. The molecule has 2 aromatic rings. The van der Waals surface area contributed by atoms with Crippen LogP contribution in [0.4, 0.5) is 15.9 Å². The Morgan fingerprint density at radius 1 is 1.26 bits per heavy atom. The maximum atomic E-state index is 13.6. The number of rotatable bonds is 2. The molecule has 1 aliphatic rings. The van der Waals surface area contributed by atoms with Crippen LogP contribution in [0.1, 0.15) is 23.2 Å². The van der Waals surface area contributed by atoms with E-state index in [9.17, 15) is 9.65 Å². The Kier molecular flexibility index (Phi) is 2.88. The fourth-order valence-electron chi connectivity index (χ4n) is 2.34. The lowest BCUT2D eigenvalue weighted by Gasteiger charge is -2.10. The van der Waals surface area contributed by atoms with Gasteiger partial charge in [0.25, 0.3) is 0 Å². The molecule has 0 radical (unpaired) electrons. The van der Waals surface area contributed by atoms with Crippen molar-refractivity contribution < 1.29 is 4.39 Å². The Bertz CT molecular complexity index is 674. The third-order valence-electron chi connectivity index (χ3n) is 3.30. The normalized spacial score (nSPS) is 12.8. The molecule has 19 heavy (non-hydrogen) atoms. The Hall–Kier alpha value is -2.41. The minimum Gasteiger partial charge on any atom is -0.337 e. The molecule has 1 aromatic carbocycles. The lowest BCUT2D eigenvalue weighted by atomic mass is 10.1. The van der Waals surface area contributed by atoms with Gasteiger partial charge in [0.15, 0.2) is 0 Å². The Balaban J connectivity index is 2.02. The van der Waals surface area contributed by atoms with Crippen LogP contribution < -0.4 is 5.32 Å². The first-order valence-electron chi connectivity index (χ1n) is 6.22. The van der Waals surface area contributed by atoms with Crippen molar-refractivity contribution in [2.45, 2.75) is 19.3 Å². The third kappa shape index (κ3) is 2.15. The van der Waals surface area contributed by atoms with E-state index >= 15 is 0 Å². The highest BCUT2D eigenvalue weighted by molar-refractivity contribution is 5.64. The number of anilines is 2. The molecule has 0 amide bonds. The predicted octanol–water partition coefficient (Wildman–Crippen LogP) is 3.32. The molecular formula is C15H12FN3. The van der Waals surface area contributed by atoms with Crippen molar-refractivity contribution in [3.05, 3.63) is 53.0 Å². The number of pyridine rings is 1. The van der Waals surface area contributed by atoms with Crippen LogP contribution in [-0.4, -0.2) is 4.98 Å². The zero-order valence-corrected chi connectivity index (χ0v) is 10.3. The number of nitrogens with one attached hydrogen (secondary N) is 1. The summed E-state index contributed by atoms with van der Waals surface area (Å²) in [6.45, 7) is 0. The van der Waals surface area contributed by atoms with E-state index in [1.54, 1.807) is 18.2 Å². The molecule has 0 spiro atoms. The van der Waals surface area contributed by atoms with Gasteiger partial charge >= 0.3 is 0 Å². The number of nitriles is 1. The standard InChI is InChI=1S/C15H12FN3/c16-12-5-1-2-6-14(12)19-15-11(9-17)8-10-4-3-7-13(10)18-15/h1-2,5-6,8H,3-4,7H2,(H,18,19). The molecule has 4 heteroatoms. The monoisotopic (exact) mass is 253 g/mol.